The van der Waals surface area contributed by atoms with E-state index in [1.807, 2.05) is 48.0 Å². The van der Waals surface area contributed by atoms with Gasteiger partial charge in [-0.2, -0.15) is 0 Å². The average Bonchev–Trinajstić information content (AvgIpc) is 2.66. The minimum absolute atomic E-state index is 0.473. The van der Waals surface area contributed by atoms with Gasteiger partial charge in [-0.1, -0.05) is 30.3 Å². The Morgan fingerprint density at radius 1 is 1.33 bits per heavy atom. The van der Waals surface area contributed by atoms with E-state index in [-0.39, 0.29) is 0 Å². The molecule has 0 aliphatic rings. The highest BCUT2D eigenvalue weighted by atomic mass is 16.3. The predicted octanol–water partition coefficient (Wildman–Crippen LogP) is 1.93. The Morgan fingerprint density at radius 3 is 2.67 bits per heavy atom. The van der Waals surface area contributed by atoms with E-state index in [0.29, 0.717) is 6.54 Å². The zero-order valence-electron chi connectivity index (χ0n) is 8.67. The number of aliphatic hydroxyl groups is 1. The van der Waals surface area contributed by atoms with Gasteiger partial charge in [0, 0.05) is 12.4 Å². The standard InChI is InChI=1S/C12H14N2O/c1-10-13-7-8-14(10)9-12(15)11-5-3-2-4-6-11/h2-8,12,15H,9H2,1H3/t12-/m0/s1. The molecule has 0 aliphatic carbocycles. The molecule has 0 spiro atoms. The van der Waals surface area contributed by atoms with Crippen molar-refractivity contribution in [3.63, 3.8) is 0 Å². The number of aliphatic hydroxyl groups excluding tert-OH is 1. The van der Waals surface area contributed by atoms with Gasteiger partial charge in [-0.05, 0) is 12.5 Å². The number of aromatic nitrogens is 2. The molecule has 1 atom stereocenters. The van der Waals surface area contributed by atoms with Crippen LogP contribution in [0.1, 0.15) is 17.5 Å². The van der Waals surface area contributed by atoms with Crippen molar-refractivity contribution in [1.82, 2.24) is 9.55 Å². The second-order valence-corrected chi connectivity index (χ2v) is 3.55. The Morgan fingerprint density at radius 2 is 2.07 bits per heavy atom. The SMILES string of the molecule is Cc1nccn1C[C@H](O)c1ccccc1. The summed E-state index contributed by atoms with van der Waals surface area (Å²) in [6, 6.07) is 9.66. The monoisotopic (exact) mass is 202 g/mol. The summed E-state index contributed by atoms with van der Waals surface area (Å²) < 4.78 is 1.94. The second-order valence-electron chi connectivity index (χ2n) is 3.55. The molecule has 3 nitrogen and oxygen atoms in total. The van der Waals surface area contributed by atoms with Crippen LogP contribution in [0.5, 0.6) is 0 Å². The molecule has 0 fully saturated rings. The Balaban J connectivity index is 2.11. The maximum atomic E-state index is 9.97. The van der Waals surface area contributed by atoms with Crippen LogP contribution in [0.15, 0.2) is 42.7 Å². The summed E-state index contributed by atoms with van der Waals surface area (Å²) in [5, 5.41) is 9.97. The number of benzene rings is 1. The van der Waals surface area contributed by atoms with E-state index in [2.05, 4.69) is 4.98 Å². The van der Waals surface area contributed by atoms with Gasteiger partial charge in [0.05, 0.1) is 12.6 Å². The first-order valence-electron chi connectivity index (χ1n) is 4.98. The van der Waals surface area contributed by atoms with E-state index >= 15 is 0 Å². The molecule has 3 heteroatoms. The van der Waals surface area contributed by atoms with Crippen molar-refractivity contribution in [1.29, 1.82) is 0 Å². The fraction of sp³-hybridized carbons (Fsp3) is 0.250. The molecule has 1 aromatic carbocycles. The van der Waals surface area contributed by atoms with E-state index in [1.165, 1.54) is 0 Å². The van der Waals surface area contributed by atoms with Gasteiger partial charge < -0.3 is 9.67 Å². The van der Waals surface area contributed by atoms with Crippen molar-refractivity contribution in [3.8, 4) is 0 Å². The quantitative estimate of drug-likeness (QED) is 0.825. The smallest absolute Gasteiger partial charge is 0.105 e. The Kier molecular flexibility index (Phi) is 2.83. The summed E-state index contributed by atoms with van der Waals surface area (Å²) in [6.07, 6.45) is 3.15. The van der Waals surface area contributed by atoms with Crippen LogP contribution in [0.3, 0.4) is 0 Å². The fourth-order valence-electron chi connectivity index (χ4n) is 1.56. The van der Waals surface area contributed by atoms with Gasteiger partial charge in [-0.3, -0.25) is 0 Å². The highest BCUT2D eigenvalue weighted by Crippen LogP contribution is 2.14. The molecule has 1 heterocycles. The van der Waals surface area contributed by atoms with Crippen LogP contribution in [0.25, 0.3) is 0 Å². The summed E-state index contributed by atoms with van der Waals surface area (Å²) in [5.41, 5.74) is 0.936. The molecule has 0 bridgehead atoms. The molecule has 78 valence electrons. The average molecular weight is 202 g/mol. The molecule has 0 aliphatic heterocycles. The summed E-state index contributed by atoms with van der Waals surface area (Å²) in [7, 11) is 0. The zero-order chi connectivity index (χ0) is 10.7. The van der Waals surface area contributed by atoms with Gasteiger partial charge in [0.2, 0.25) is 0 Å². The predicted molar refractivity (Wildman–Crippen MR) is 58.4 cm³/mol. The van der Waals surface area contributed by atoms with Crippen LogP contribution >= 0.6 is 0 Å². The van der Waals surface area contributed by atoms with Gasteiger partial charge in [-0.25, -0.2) is 4.98 Å². The molecule has 0 unspecified atom stereocenters. The van der Waals surface area contributed by atoms with Crippen molar-refractivity contribution < 1.29 is 5.11 Å². The van der Waals surface area contributed by atoms with Crippen molar-refractivity contribution in [3.05, 3.63) is 54.1 Å². The van der Waals surface area contributed by atoms with Crippen LogP contribution in [0.2, 0.25) is 0 Å². The molecule has 2 aromatic rings. The first-order chi connectivity index (χ1) is 7.27. The lowest BCUT2D eigenvalue weighted by molar-refractivity contribution is 0.155. The zero-order valence-corrected chi connectivity index (χ0v) is 8.67. The van der Waals surface area contributed by atoms with Gasteiger partial charge in [-0.15, -0.1) is 0 Å². The van der Waals surface area contributed by atoms with E-state index in [0.717, 1.165) is 11.4 Å². The highest BCUT2D eigenvalue weighted by Gasteiger charge is 2.08. The third-order valence-electron chi connectivity index (χ3n) is 2.48. The third kappa shape index (κ3) is 2.25. The van der Waals surface area contributed by atoms with Crippen LogP contribution in [0, 0.1) is 6.92 Å². The lowest BCUT2D eigenvalue weighted by Crippen LogP contribution is -2.09. The first-order valence-corrected chi connectivity index (χ1v) is 4.98. The molecule has 1 N–H and O–H groups in total. The lowest BCUT2D eigenvalue weighted by Gasteiger charge is -2.12. The van der Waals surface area contributed by atoms with Gasteiger partial charge >= 0.3 is 0 Å². The van der Waals surface area contributed by atoms with E-state index in [4.69, 9.17) is 0 Å². The number of hydrogen-bond acceptors (Lipinski definition) is 2. The molecule has 0 radical (unpaired) electrons. The van der Waals surface area contributed by atoms with Crippen molar-refractivity contribution in [2.75, 3.05) is 0 Å². The maximum Gasteiger partial charge on any atom is 0.105 e. The van der Waals surface area contributed by atoms with Crippen LogP contribution in [-0.2, 0) is 6.54 Å². The van der Waals surface area contributed by atoms with Crippen molar-refractivity contribution in [2.45, 2.75) is 19.6 Å². The molecular formula is C12H14N2O. The lowest BCUT2D eigenvalue weighted by atomic mass is 10.1. The van der Waals surface area contributed by atoms with Gasteiger partial charge in [0.1, 0.15) is 5.82 Å². The molecule has 0 saturated heterocycles. The van der Waals surface area contributed by atoms with E-state index < -0.39 is 6.10 Å². The van der Waals surface area contributed by atoms with Crippen LogP contribution < -0.4 is 0 Å². The third-order valence-corrected chi connectivity index (χ3v) is 2.48. The van der Waals surface area contributed by atoms with E-state index in [9.17, 15) is 5.11 Å². The molecule has 0 amide bonds. The number of aryl methyl sites for hydroxylation is 1. The van der Waals surface area contributed by atoms with E-state index in [1.54, 1.807) is 6.20 Å². The maximum absolute atomic E-state index is 9.97. The summed E-state index contributed by atoms with van der Waals surface area (Å²) >= 11 is 0. The molecule has 15 heavy (non-hydrogen) atoms. The number of hydrogen-bond donors (Lipinski definition) is 1. The Hall–Kier alpha value is -1.61. The number of rotatable bonds is 3. The van der Waals surface area contributed by atoms with Crippen molar-refractivity contribution >= 4 is 0 Å². The highest BCUT2D eigenvalue weighted by molar-refractivity contribution is 5.17. The topological polar surface area (TPSA) is 38.0 Å². The largest absolute Gasteiger partial charge is 0.387 e. The molecule has 1 aromatic heterocycles. The minimum Gasteiger partial charge on any atom is -0.387 e. The molecule has 0 saturated carbocycles. The van der Waals surface area contributed by atoms with Crippen LogP contribution in [-0.4, -0.2) is 14.7 Å². The Labute approximate surface area is 89.0 Å². The van der Waals surface area contributed by atoms with Gasteiger partial charge in [0.15, 0.2) is 0 Å². The normalized spacial score (nSPS) is 12.7. The van der Waals surface area contributed by atoms with Crippen LogP contribution in [0.4, 0.5) is 0 Å². The summed E-state index contributed by atoms with van der Waals surface area (Å²) in [6.45, 7) is 2.48. The summed E-state index contributed by atoms with van der Waals surface area (Å²) in [4.78, 5) is 4.12. The second kappa shape index (κ2) is 4.28. The fourth-order valence-corrected chi connectivity index (χ4v) is 1.56. The minimum atomic E-state index is -0.473. The van der Waals surface area contributed by atoms with Gasteiger partial charge in [0.25, 0.3) is 0 Å². The number of nitrogens with zero attached hydrogens (tertiary/aromatic N) is 2. The summed E-state index contributed by atoms with van der Waals surface area (Å²) in [5.74, 6) is 0.921. The van der Waals surface area contributed by atoms with Crippen molar-refractivity contribution in [2.24, 2.45) is 0 Å². The number of imidazole rings is 1. The first kappa shape index (κ1) is 9.93. The molecule has 2 rings (SSSR count). The Bertz CT molecular complexity index is 422. The molecular weight excluding hydrogens is 188 g/mol.